The van der Waals surface area contributed by atoms with Crippen LogP contribution in [0.5, 0.6) is 0 Å². The van der Waals surface area contributed by atoms with Crippen molar-refractivity contribution in [2.75, 3.05) is 6.54 Å². The van der Waals surface area contributed by atoms with Crippen molar-refractivity contribution in [3.05, 3.63) is 46.4 Å². The molecule has 3 rings (SSSR count). The Morgan fingerprint density at radius 2 is 2.08 bits per heavy atom. The molecule has 6 heteroatoms. The largest absolute Gasteiger partial charge is 0.464 e. The Hall–Kier alpha value is -2.34. The van der Waals surface area contributed by atoms with Crippen LogP contribution in [-0.4, -0.2) is 18.4 Å². The van der Waals surface area contributed by atoms with Crippen LogP contribution in [0.4, 0.5) is 0 Å². The van der Waals surface area contributed by atoms with Gasteiger partial charge in [-0.3, -0.25) is 9.59 Å². The number of hydrogen-bond acceptors (Lipinski definition) is 4. The molecule has 0 unspecified atom stereocenters. The first-order valence-corrected chi connectivity index (χ1v) is 9.45. The van der Waals surface area contributed by atoms with Gasteiger partial charge in [0.05, 0.1) is 12.8 Å². The topological polar surface area (TPSA) is 71.3 Å². The maximum atomic E-state index is 11.9. The number of amides is 2. The van der Waals surface area contributed by atoms with Crippen LogP contribution in [0.2, 0.25) is 0 Å². The number of furan rings is 1. The minimum Gasteiger partial charge on any atom is -0.464 e. The fourth-order valence-corrected chi connectivity index (χ4v) is 3.65. The fraction of sp³-hybridized carbons (Fsp3) is 0.368. The number of allylic oxidation sites excluding steroid dienone is 1. The van der Waals surface area contributed by atoms with Gasteiger partial charge in [0.15, 0.2) is 0 Å². The van der Waals surface area contributed by atoms with Crippen molar-refractivity contribution < 1.29 is 14.0 Å². The molecule has 0 radical (unpaired) electrons. The Morgan fingerprint density at radius 3 is 2.84 bits per heavy atom. The second-order valence-corrected chi connectivity index (χ2v) is 7.07. The molecule has 0 atom stereocenters. The van der Waals surface area contributed by atoms with E-state index in [1.807, 2.05) is 23.6 Å². The van der Waals surface area contributed by atoms with Crippen molar-refractivity contribution in [3.8, 4) is 11.3 Å². The zero-order chi connectivity index (χ0) is 17.5. The number of nitrogens with one attached hydrogen (secondary N) is 2. The van der Waals surface area contributed by atoms with Gasteiger partial charge in [0.1, 0.15) is 5.76 Å². The lowest BCUT2D eigenvalue weighted by atomic mass is 9.97. The number of rotatable bonds is 6. The zero-order valence-corrected chi connectivity index (χ0v) is 14.9. The van der Waals surface area contributed by atoms with E-state index >= 15 is 0 Å². The molecule has 0 spiro atoms. The Morgan fingerprint density at radius 1 is 1.20 bits per heavy atom. The Balaban J connectivity index is 1.39. The monoisotopic (exact) mass is 358 g/mol. The summed E-state index contributed by atoms with van der Waals surface area (Å²) in [7, 11) is 0. The third-order valence-electron chi connectivity index (χ3n) is 4.21. The van der Waals surface area contributed by atoms with Crippen molar-refractivity contribution in [3.63, 3.8) is 0 Å². The third kappa shape index (κ3) is 5.06. The molecule has 0 fully saturated rings. The molecule has 0 saturated carbocycles. The molecule has 1 aliphatic carbocycles. The minimum atomic E-state index is -0.592. The lowest BCUT2D eigenvalue weighted by Gasteiger charge is -2.12. The van der Waals surface area contributed by atoms with E-state index in [1.165, 1.54) is 29.8 Å². The number of hydrogen-bond donors (Lipinski definition) is 2. The first-order chi connectivity index (χ1) is 12.2. The lowest BCUT2D eigenvalue weighted by molar-refractivity contribution is -0.139. The Kier molecular flexibility index (Phi) is 6.06. The van der Waals surface area contributed by atoms with Crippen LogP contribution in [0.1, 0.15) is 37.0 Å². The van der Waals surface area contributed by atoms with Gasteiger partial charge in [-0.2, -0.15) is 0 Å². The van der Waals surface area contributed by atoms with Crippen molar-refractivity contribution in [1.29, 1.82) is 0 Å². The van der Waals surface area contributed by atoms with E-state index in [9.17, 15) is 9.59 Å². The molecule has 0 saturated heterocycles. The molecule has 2 aromatic rings. The quantitative estimate of drug-likeness (QED) is 0.612. The first-order valence-electron chi connectivity index (χ1n) is 8.57. The number of carbonyl (C=O) groups is 2. The van der Waals surface area contributed by atoms with Gasteiger partial charge in [0.2, 0.25) is 0 Å². The molecule has 5 nitrogen and oxygen atoms in total. The predicted octanol–water partition coefficient (Wildman–Crippen LogP) is 3.63. The molecule has 132 valence electrons. The van der Waals surface area contributed by atoms with E-state index in [4.69, 9.17) is 4.42 Å². The highest BCUT2D eigenvalue weighted by Crippen LogP contribution is 2.25. The minimum absolute atomic E-state index is 0.336. The molecule has 0 aromatic carbocycles. The van der Waals surface area contributed by atoms with Gasteiger partial charge < -0.3 is 15.1 Å². The molecule has 2 heterocycles. The van der Waals surface area contributed by atoms with E-state index in [-0.39, 0.29) is 0 Å². The number of carbonyl (C=O) groups excluding carboxylic acids is 2. The van der Waals surface area contributed by atoms with Crippen molar-refractivity contribution in [2.24, 2.45) is 0 Å². The summed E-state index contributed by atoms with van der Waals surface area (Å²) in [5.41, 5.74) is 2.36. The SMILES string of the molecule is O=C(NCCC1=CCCCC1)C(=O)NCc1cc(-c2ccco2)cs1. The molecular weight excluding hydrogens is 336 g/mol. The van der Waals surface area contributed by atoms with Gasteiger partial charge in [-0.1, -0.05) is 11.6 Å². The molecule has 2 N–H and O–H groups in total. The smallest absolute Gasteiger partial charge is 0.309 e. The van der Waals surface area contributed by atoms with Crippen LogP contribution < -0.4 is 10.6 Å². The Labute approximate surface area is 151 Å². The van der Waals surface area contributed by atoms with Crippen LogP contribution in [0.3, 0.4) is 0 Å². The summed E-state index contributed by atoms with van der Waals surface area (Å²) in [5.74, 6) is -0.367. The zero-order valence-electron chi connectivity index (χ0n) is 14.0. The van der Waals surface area contributed by atoms with Crippen molar-refractivity contribution >= 4 is 23.2 Å². The summed E-state index contributed by atoms with van der Waals surface area (Å²) in [6.07, 6.45) is 9.43. The van der Waals surface area contributed by atoms with Crippen molar-refractivity contribution in [2.45, 2.75) is 38.6 Å². The van der Waals surface area contributed by atoms with Gasteiger partial charge in [-0.05, 0) is 50.3 Å². The van der Waals surface area contributed by atoms with E-state index in [2.05, 4.69) is 16.7 Å². The van der Waals surface area contributed by atoms with Gasteiger partial charge in [-0.15, -0.1) is 11.3 Å². The second kappa shape index (κ2) is 8.67. The van der Waals surface area contributed by atoms with Crippen molar-refractivity contribution in [1.82, 2.24) is 10.6 Å². The highest BCUT2D eigenvalue weighted by atomic mass is 32.1. The predicted molar refractivity (Wildman–Crippen MR) is 98.0 cm³/mol. The average molecular weight is 358 g/mol. The standard InChI is InChI=1S/C19H22N2O3S/c22-18(20-9-8-14-5-2-1-3-6-14)19(23)21-12-16-11-15(13-25-16)17-7-4-10-24-17/h4-5,7,10-11,13H,1-3,6,8-9,12H2,(H,20,22)(H,21,23). The van der Waals surface area contributed by atoms with E-state index in [1.54, 1.807) is 6.26 Å². The fourth-order valence-electron chi connectivity index (χ4n) is 2.84. The van der Waals surface area contributed by atoms with Gasteiger partial charge in [0, 0.05) is 22.4 Å². The third-order valence-corrected chi connectivity index (χ3v) is 5.14. The maximum Gasteiger partial charge on any atom is 0.309 e. The van der Waals surface area contributed by atoms with Gasteiger partial charge in [-0.25, -0.2) is 0 Å². The van der Waals surface area contributed by atoms with E-state index in [0.29, 0.717) is 13.1 Å². The summed E-state index contributed by atoms with van der Waals surface area (Å²) < 4.78 is 5.34. The molecular formula is C19H22N2O3S. The highest BCUT2D eigenvalue weighted by molar-refractivity contribution is 7.10. The second-order valence-electron chi connectivity index (χ2n) is 6.08. The summed E-state index contributed by atoms with van der Waals surface area (Å²) in [6, 6.07) is 5.68. The Bertz CT molecular complexity index is 747. The molecule has 0 aliphatic heterocycles. The lowest BCUT2D eigenvalue weighted by Crippen LogP contribution is -2.39. The van der Waals surface area contributed by atoms with Gasteiger partial charge in [0.25, 0.3) is 0 Å². The van der Waals surface area contributed by atoms with Gasteiger partial charge >= 0.3 is 11.8 Å². The molecule has 2 amide bonds. The van der Waals surface area contributed by atoms with Crippen LogP contribution in [0.15, 0.2) is 45.9 Å². The summed E-state index contributed by atoms with van der Waals surface area (Å²) >= 11 is 1.52. The van der Waals surface area contributed by atoms with Crippen LogP contribution >= 0.6 is 11.3 Å². The molecule has 1 aliphatic rings. The molecule has 25 heavy (non-hydrogen) atoms. The van der Waals surface area contributed by atoms with E-state index in [0.717, 1.165) is 35.5 Å². The summed E-state index contributed by atoms with van der Waals surface area (Å²) in [6.45, 7) is 0.850. The maximum absolute atomic E-state index is 11.9. The van der Waals surface area contributed by atoms with Crippen LogP contribution in [-0.2, 0) is 16.1 Å². The summed E-state index contributed by atoms with van der Waals surface area (Å²) in [4.78, 5) is 24.7. The first kappa shape index (κ1) is 17.5. The average Bonchev–Trinajstić information content (AvgIpc) is 3.32. The molecule has 2 aromatic heterocycles. The van der Waals surface area contributed by atoms with E-state index < -0.39 is 11.8 Å². The number of thiophene rings is 1. The highest BCUT2D eigenvalue weighted by Gasteiger charge is 2.14. The van der Waals surface area contributed by atoms with Crippen LogP contribution in [0, 0.1) is 0 Å². The molecule has 0 bridgehead atoms. The van der Waals surface area contributed by atoms with Crippen LogP contribution in [0.25, 0.3) is 11.3 Å². The summed E-state index contributed by atoms with van der Waals surface area (Å²) in [5, 5.41) is 7.32. The normalized spacial score (nSPS) is 14.0.